The zero-order valence-electron chi connectivity index (χ0n) is 10.4. The molecule has 0 atom stereocenters. The zero-order chi connectivity index (χ0) is 13.4. The number of carboxylic acids is 1. The highest BCUT2D eigenvalue weighted by molar-refractivity contribution is 9.10. The number of nitrogens with zero attached hydrogens (tertiary/aromatic N) is 2. The molecule has 94 valence electrons. The Morgan fingerprint density at radius 3 is 2.50 bits per heavy atom. The van der Waals surface area contributed by atoms with Crippen LogP contribution in [0, 0.1) is 20.8 Å². The molecule has 1 aromatic carbocycles. The Bertz CT molecular complexity index is 632. The maximum absolute atomic E-state index is 11.2. The van der Waals surface area contributed by atoms with Crippen molar-refractivity contribution in [3.63, 3.8) is 0 Å². The van der Waals surface area contributed by atoms with E-state index < -0.39 is 5.97 Å². The van der Waals surface area contributed by atoms with Crippen LogP contribution in [-0.4, -0.2) is 20.9 Å². The average Bonchev–Trinajstić information content (AvgIpc) is 2.54. The van der Waals surface area contributed by atoms with E-state index in [1.165, 1.54) is 0 Å². The van der Waals surface area contributed by atoms with Crippen molar-refractivity contribution in [1.82, 2.24) is 9.78 Å². The number of hydrogen-bond acceptors (Lipinski definition) is 2. The molecule has 0 bridgehead atoms. The fourth-order valence-corrected chi connectivity index (χ4v) is 2.63. The summed E-state index contributed by atoms with van der Waals surface area (Å²) in [7, 11) is 0. The lowest BCUT2D eigenvalue weighted by atomic mass is 10.2. The number of halogens is 1. The van der Waals surface area contributed by atoms with Gasteiger partial charge in [-0.25, -0.2) is 9.48 Å². The van der Waals surface area contributed by atoms with Crippen molar-refractivity contribution in [2.24, 2.45) is 0 Å². The van der Waals surface area contributed by atoms with Crippen molar-refractivity contribution < 1.29 is 9.90 Å². The van der Waals surface area contributed by atoms with Gasteiger partial charge < -0.3 is 5.11 Å². The molecule has 0 amide bonds. The molecule has 1 aromatic heterocycles. The van der Waals surface area contributed by atoms with Gasteiger partial charge in [-0.2, -0.15) is 5.10 Å². The topological polar surface area (TPSA) is 55.1 Å². The summed E-state index contributed by atoms with van der Waals surface area (Å²) in [6.07, 6.45) is 0. The molecule has 1 N–H and O–H groups in total. The van der Waals surface area contributed by atoms with E-state index in [0.29, 0.717) is 11.4 Å². The van der Waals surface area contributed by atoms with Crippen molar-refractivity contribution in [2.45, 2.75) is 20.8 Å². The lowest BCUT2D eigenvalue weighted by molar-refractivity contribution is 0.0695. The predicted octanol–water partition coefficient (Wildman–Crippen LogP) is 3.26. The molecule has 2 aromatic rings. The quantitative estimate of drug-likeness (QED) is 0.926. The molecule has 0 saturated carbocycles. The normalized spacial score (nSPS) is 10.7. The second kappa shape index (κ2) is 4.57. The van der Waals surface area contributed by atoms with Crippen LogP contribution in [0.2, 0.25) is 0 Å². The summed E-state index contributed by atoms with van der Waals surface area (Å²) in [5.41, 5.74) is 3.39. The summed E-state index contributed by atoms with van der Waals surface area (Å²) in [6.45, 7) is 5.46. The van der Waals surface area contributed by atoms with E-state index in [2.05, 4.69) is 21.0 Å². The molecular weight excluding hydrogens is 296 g/mol. The molecule has 4 nitrogen and oxygen atoms in total. The zero-order valence-corrected chi connectivity index (χ0v) is 11.9. The first-order valence-electron chi connectivity index (χ1n) is 5.48. The lowest BCUT2D eigenvalue weighted by Crippen LogP contribution is -2.03. The minimum absolute atomic E-state index is 0.266. The van der Waals surface area contributed by atoms with E-state index >= 15 is 0 Å². The second-order valence-electron chi connectivity index (χ2n) is 4.22. The third-order valence-corrected chi connectivity index (χ3v) is 3.47. The van der Waals surface area contributed by atoms with Crippen molar-refractivity contribution in [3.05, 3.63) is 45.2 Å². The number of carbonyl (C=O) groups is 1. The van der Waals surface area contributed by atoms with E-state index in [1.807, 2.05) is 25.1 Å². The molecule has 0 fully saturated rings. The maximum Gasteiger partial charge on any atom is 0.339 e. The van der Waals surface area contributed by atoms with Gasteiger partial charge in [0.2, 0.25) is 0 Å². The third-order valence-electron chi connectivity index (χ3n) is 2.84. The Labute approximate surface area is 113 Å². The first kappa shape index (κ1) is 12.8. The molecule has 2 rings (SSSR count). The number of rotatable bonds is 2. The summed E-state index contributed by atoms with van der Waals surface area (Å²) >= 11 is 3.48. The van der Waals surface area contributed by atoms with Crippen molar-refractivity contribution in [1.29, 1.82) is 0 Å². The van der Waals surface area contributed by atoms with Crippen LogP contribution in [0.4, 0.5) is 0 Å². The van der Waals surface area contributed by atoms with Gasteiger partial charge in [0.1, 0.15) is 5.56 Å². The van der Waals surface area contributed by atoms with Crippen LogP contribution in [0.15, 0.2) is 22.7 Å². The van der Waals surface area contributed by atoms with E-state index in [1.54, 1.807) is 18.5 Å². The summed E-state index contributed by atoms with van der Waals surface area (Å²) in [5, 5.41) is 13.5. The molecule has 0 radical (unpaired) electrons. The molecule has 0 aliphatic rings. The Morgan fingerprint density at radius 2 is 2.00 bits per heavy atom. The van der Waals surface area contributed by atoms with Crippen LogP contribution in [0.3, 0.4) is 0 Å². The molecule has 1 heterocycles. The van der Waals surface area contributed by atoms with Gasteiger partial charge in [-0.15, -0.1) is 0 Å². The number of benzene rings is 1. The molecule has 0 unspecified atom stereocenters. The van der Waals surface area contributed by atoms with Gasteiger partial charge in [0.05, 0.1) is 17.1 Å². The number of aromatic carboxylic acids is 1. The molecule has 0 spiro atoms. The second-order valence-corrected chi connectivity index (χ2v) is 5.07. The van der Waals surface area contributed by atoms with Crippen molar-refractivity contribution in [2.75, 3.05) is 0 Å². The first-order chi connectivity index (χ1) is 8.41. The van der Waals surface area contributed by atoms with Crippen LogP contribution in [0.5, 0.6) is 0 Å². The summed E-state index contributed by atoms with van der Waals surface area (Å²) in [4.78, 5) is 11.2. The monoisotopic (exact) mass is 308 g/mol. The highest BCUT2D eigenvalue weighted by Crippen LogP contribution is 2.25. The number of aromatic nitrogens is 2. The first-order valence-corrected chi connectivity index (χ1v) is 6.27. The SMILES string of the molecule is Cc1ccc(-n2nc(C)c(C(=O)O)c2C)c(Br)c1. The molecule has 0 aliphatic carbocycles. The van der Waals surface area contributed by atoms with Crippen molar-refractivity contribution >= 4 is 21.9 Å². The number of carboxylic acid groups (broad SMARTS) is 1. The van der Waals surface area contributed by atoms with Gasteiger partial charge in [0.25, 0.3) is 0 Å². The van der Waals surface area contributed by atoms with Gasteiger partial charge in [-0.1, -0.05) is 6.07 Å². The number of aryl methyl sites for hydroxylation is 2. The van der Waals surface area contributed by atoms with E-state index in [-0.39, 0.29) is 5.56 Å². The van der Waals surface area contributed by atoms with Gasteiger partial charge >= 0.3 is 5.97 Å². The van der Waals surface area contributed by atoms with Crippen LogP contribution in [0.1, 0.15) is 27.3 Å². The van der Waals surface area contributed by atoms with Crippen LogP contribution in [-0.2, 0) is 0 Å². The van der Waals surface area contributed by atoms with E-state index in [9.17, 15) is 4.79 Å². The van der Waals surface area contributed by atoms with E-state index in [4.69, 9.17) is 5.11 Å². The standard InChI is InChI=1S/C13H13BrN2O2/c1-7-4-5-11(10(14)6-7)16-9(3)12(13(17)18)8(2)15-16/h4-6H,1-3H3,(H,17,18). The Kier molecular flexibility index (Phi) is 3.26. The molecule has 0 saturated heterocycles. The van der Waals surface area contributed by atoms with Crippen LogP contribution >= 0.6 is 15.9 Å². The van der Waals surface area contributed by atoms with Crippen LogP contribution in [0.25, 0.3) is 5.69 Å². The third kappa shape index (κ3) is 2.06. The van der Waals surface area contributed by atoms with Gasteiger partial charge in [0, 0.05) is 4.47 Å². The minimum atomic E-state index is -0.945. The fraction of sp³-hybridized carbons (Fsp3) is 0.231. The molecule has 0 aliphatic heterocycles. The average molecular weight is 309 g/mol. The Morgan fingerprint density at radius 1 is 1.33 bits per heavy atom. The summed E-state index contributed by atoms with van der Waals surface area (Å²) < 4.78 is 2.55. The predicted molar refractivity (Wildman–Crippen MR) is 72.4 cm³/mol. The highest BCUT2D eigenvalue weighted by atomic mass is 79.9. The summed E-state index contributed by atoms with van der Waals surface area (Å²) in [6, 6.07) is 5.87. The van der Waals surface area contributed by atoms with Gasteiger partial charge in [0.15, 0.2) is 0 Å². The molecule has 5 heteroatoms. The Balaban J connectivity index is 2.65. The Hall–Kier alpha value is -1.62. The fourth-order valence-electron chi connectivity index (χ4n) is 1.97. The highest BCUT2D eigenvalue weighted by Gasteiger charge is 2.19. The van der Waals surface area contributed by atoms with E-state index in [0.717, 1.165) is 15.7 Å². The maximum atomic E-state index is 11.2. The lowest BCUT2D eigenvalue weighted by Gasteiger charge is -2.07. The molecular formula is C13H13BrN2O2. The smallest absolute Gasteiger partial charge is 0.339 e. The molecule has 18 heavy (non-hydrogen) atoms. The number of hydrogen-bond donors (Lipinski definition) is 1. The minimum Gasteiger partial charge on any atom is -0.478 e. The summed E-state index contributed by atoms with van der Waals surface area (Å²) in [5.74, 6) is -0.945. The van der Waals surface area contributed by atoms with Crippen molar-refractivity contribution in [3.8, 4) is 5.69 Å². The van der Waals surface area contributed by atoms with Gasteiger partial charge in [-0.05, 0) is 54.4 Å². The van der Waals surface area contributed by atoms with Gasteiger partial charge in [-0.3, -0.25) is 0 Å². The largest absolute Gasteiger partial charge is 0.478 e. The van der Waals surface area contributed by atoms with Crippen LogP contribution < -0.4 is 0 Å².